The van der Waals surface area contributed by atoms with Gasteiger partial charge >= 0.3 is 0 Å². The summed E-state index contributed by atoms with van der Waals surface area (Å²) in [5, 5.41) is -0.000582. The highest BCUT2D eigenvalue weighted by atomic mass is 35.5. The Morgan fingerprint density at radius 1 is 1.40 bits per heavy atom. The van der Waals surface area contributed by atoms with E-state index in [-0.39, 0.29) is 16.2 Å². The summed E-state index contributed by atoms with van der Waals surface area (Å²) in [6.07, 6.45) is 4.09. The lowest BCUT2D eigenvalue weighted by molar-refractivity contribution is 0.510. The monoisotopic (exact) mass is 315 g/mol. The first kappa shape index (κ1) is 15.3. The molecule has 110 valence electrons. The number of rotatable bonds is 6. The second-order valence-electron chi connectivity index (χ2n) is 4.65. The van der Waals surface area contributed by atoms with E-state index in [0.717, 1.165) is 19.3 Å². The molecular weight excluding hydrogens is 298 g/mol. The number of imidazole rings is 1. The molecule has 2 heterocycles. The number of halogens is 1. The predicted octanol–water partition coefficient (Wildman–Crippen LogP) is 2.84. The van der Waals surface area contributed by atoms with Gasteiger partial charge in [0.25, 0.3) is 10.0 Å². The summed E-state index contributed by atoms with van der Waals surface area (Å²) in [4.78, 5) is 4.07. The molecule has 5 nitrogen and oxygen atoms in total. The molecule has 0 aromatic carbocycles. The maximum atomic E-state index is 12.5. The molecule has 20 heavy (non-hydrogen) atoms. The van der Waals surface area contributed by atoms with Crippen molar-refractivity contribution < 1.29 is 8.42 Å². The van der Waals surface area contributed by atoms with Gasteiger partial charge in [-0.25, -0.2) is 18.1 Å². The highest BCUT2D eigenvalue weighted by Crippen LogP contribution is 2.23. The Labute approximate surface area is 124 Å². The van der Waals surface area contributed by atoms with Gasteiger partial charge in [0.15, 0.2) is 10.2 Å². The summed E-state index contributed by atoms with van der Waals surface area (Å²) in [6.45, 7) is 3.98. The van der Waals surface area contributed by atoms with E-state index in [1.807, 2.05) is 13.8 Å². The molecule has 0 amide bonds. The van der Waals surface area contributed by atoms with E-state index < -0.39 is 10.0 Å². The third-order valence-electron chi connectivity index (χ3n) is 3.15. The summed E-state index contributed by atoms with van der Waals surface area (Å²) in [5.41, 5.74) is 0.515. The minimum Gasteiger partial charge on any atom is -0.288 e. The molecule has 2 rings (SSSR count). The third-order valence-corrected chi connectivity index (χ3v) is 5.07. The largest absolute Gasteiger partial charge is 0.288 e. The Kier molecular flexibility index (Phi) is 4.67. The van der Waals surface area contributed by atoms with Crippen LogP contribution in [0.1, 0.15) is 33.1 Å². The van der Waals surface area contributed by atoms with Gasteiger partial charge in [-0.1, -0.05) is 37.9 Å². The van der Waals surface area contributed by atoms with Gasteiger partial charge in [0.05, 0.1) is 0 Å². The highest BCUT2D eigenvalue weighted by Gasteiger charge is 2.26. The highest BCUT2D eigenvalue weighted by molar-refractivity contribution is 7.89. The van der Waals surface area contributed by atoms with Gasteiger partial charge in [-0.15, -0.1) is 0 Å². The van der Waals surface area contributed by atoms with Gasteiger partial charge in [-0.2, -0.15) is 0 Å². The number of nitrogens with one attached hydrogen (secondary N) is 1. The molecule has 0 spiro atoms. The number of aromatic nitrogens is 2. The zero-order chi connectivity index (χ0) is 14.8. The zero-order valence-electron chi connectivity index (χ0n) is 11.5. The second-order valence-corrected chi connectivity index (χ2v) is 6.64. The average molecular weight is 316 g/mol. The van der Waals surface area contributed by atoms with Crippen LogP contribution in [0.5, 0.6) is 0 Å². The quantitative estimate of drug-likeness (QED) is 0.891. The van der Waals surface area contributed by atoms with Gasteiger partial charge in [0.2, 0.25) is 0 Å². The Hall–Kier alpha value is -1.11. The molecule has 0 aliphatic rings. The maximum absolute atomic E-state index is 12.5. The lowest BCUT2D eigenvalue weighted by Gasteiger charge is -2.16. The van der Waals surface area contributed by atoms with E-state index in [9.17, 15) is 8.42 Å². The molecule has 1 unspecified atom stereocenters. The van der Waals surface area contributed by atoms with Gasteiger partial charge in [-0.05, 0) is 25.0 Å². The molecule has 0 radical (unpaired) electrons. The number of sulfonamides is 1. The number of hydrogen-bond donors (Lipinski definition) is 1. The van der Waals surface area contributed by atoms with Crippen molar-refractivity contribution >= 4 is 27.3 Å². The molecule has 0 bridgehead atoms. The first-order valence-corrected chi connectivity index (χ1v) is 8.50. The van der Waals surface area contributed by atoms with Crippen LogP contribution in [0.15, 0.2) is 29.4 Å². The maximum Gasteiger partial charge on any atom is 0.260 e. The molecule has 1 N–H and O–H groups in total. The van der Waals surface area contributed by atoms with Crippen molar-refractivity contribution in [1.29, 1.82) is 0 Å². The van der Waals surface area contributed by atoms with Crippen molar-refractivity contribution in [2.24, 2.45) is 0 Å². The Morgan fingerprint density at radius 3 is 2.80 bits per heavy atom. The average Bonchev–Trinajstić information content (AvgIpc) is 2.74. The molecule has 7 heteroatoms. The molecule has 1 atom stereocenters. The number of fused-ring (bicyclic) bond motifs is 1. The first-order chi connectivity index (χ1) is 9.49. The minimum absolute atomic E-state index is 0.00400. The molecule has 2 aromatic rings. The zero-order valence-corrected chi connectivity index (χ0v) is 13.1. The molecule has 0 fully saturated rings. The Bertz CT molecular complexity index is 697. The lowest BCUT2D eigenvalue weighted by atomic mass is 10.1. The van der Waals surface area contributed by atoms with Crippen molar-refractivity contribution in [2.45, 2.75) is 44.2 Å². The smallest absolute Gasteiger partial charge is 0.260 e. The van der Waals surface area contributed by atoms with Crippen molar-refractivity contribution in [2.75, 3.05) is 0 Å². The standard InChI is InChI=1S/C13H18ClN3O2S/c1-3-7-10(4-2)16-20(18,19)13-12(14)15-11-8-5-6-9-17(11)13/h5-6,8-10,16H,3-4,7H2,1-2H3. The number of hydrogen-bond acceptors (Lipinski definition) is 3. The number of pyridine rings is 1. The summed E-state index contributed by atoms with van der Waals surface area (Å²) in [5.74, 6) is 0. The topological polar surface area (TPSA) is 63.5 Å². The van der Waals surface area contributed by atoms with Gasteiger partial charge in [0, 0.05) is 12.2 Å². The molecule has 2 aromatic heterocycles. The summed E-state index contributed by atoms with van der Waals surface area (Å²) in [7, 11) is -3.69. The van der Waals surface area contributed by atoms with Crippen LogP contribution < -0.4 is 4.72 Å². The number of nitrogens with zero attached hydrogens (tertiary/aromatic N) is 2. The van der Waals surface area contributed by atoms with E-state index in [4.69, 9.17) is 11.6 Å². The van der Waals surface area contributed by atoms with Gasteiger partial charge < -0.3 is 0 Å². The van der Waals surface area contributed by atoms with E-state index >= 15 is 0 Å². The van der Waals surface area contributed by atoms with Crippen LogP contribution in [-0.2, 0) is 10.0 Å². The van der Waals surface area contributed by atoms with Crippen molar-refractivity contribution in [1.82, 2.24) is 14.1 Å². The minimum atomic E-state index is -3.69. The summed E-state index contributed by atoms with van der Waals surface area (Å²) >= 11 is 6.00. The third kappa shape index (κ3) is 2.97. The molecule has 0 aliphatic heterocycles. The fraction of sp³-hybridized carbons (Fsp3) is 0.462. The molecule has 0 saturated carbocycles. The van der Waals surface area contributed by atoms with Crippen LogP contribution in [0.3, 0.4) is 0 Å². The van der Waals surface area contributed by atoms with Crippen LogP contribution >= 0.6 is 11.6 Å². The van der Waals surface area contributed by atoms with Crippen LogP contribution in [0, 0.1) is 0 Å². The van der Waals surface area contributed by atoms with Gasteiger partial charge in [0.1, 0.15) is 5.65 Å². The van der Waals surface area contributed by atoms with Crippen LogP contribution in [0.25, 0.3) is 5.65 Å². The predicted molar refractivity (Wildman–Crippen MR) is 79.5 cm³/mol. The van der Waals surface area contributed by atoms with Crippen molar-refractivity contribution in [3.05, 3.63) is 29.5 Å². The first-order valence-electron chi connectivity index (χ1n) is 6.64. The summed E-state index contributed by atoms with van der Waals surface area (Å²) < 4.78 is 29.2. The molecule has 0 saturated heterocycles. The van der Waals surface area contributed by atoms with E-state index in [0.29, 0.717) is 5.65 Å². The Morgan fingerprint density at radius 2 is 2.15 bits per heavy atom. The molecule has 0 aliphatic carbocycles. The van der Waals surface area contributed by atoms with Crippen LogP contribution in [0.2, 0.25) is 5.15 Å². The summed E-state index contributed by atoms with van der Waals surface area (Å²) in [6, 6.07) is 5.16. The lowest BCUT2D eigenvalue weighted by Crippen LogP contribution is -2.35. The SMILES string of the molecule is CCCC(CC)NS(=O)(=O)c1c(Cl)nc2ccccn12. The van der Waals surface area contributed by atoms with E-state index in [1.165, 1.54) is 4.40 Å². The van der Waals surface area contributed by atoms with E-state index in [1.54, 1.807) is 24.4 Å². The molecular formula is C13H18ClN3O2S. The fourth-order valence-electron chi connectivity index (χ4n) is 2.16. The normalized spacial score (nSPS) is 13.8. The van der Waals surface area contributed by atoms with Crippen LogP contribution in [0.4, 0.5) is 0 Å². The van der Waals surface area contributed by atoms with Crippen molar-refractivity contribution in [3.8, 4) is 0 Å². The van der Waals surface area contributed by atoms with E-state index in [2.05, 4.69) is 9.71 Å². The fourth-order valence-corrected chi connectivity index (χ4v) is 4.15. The van der Waals surface area contributed by atoms with Gasteiger partial charge in [-0.3, -0.25) is 4.40 Å². The van der Waals surface area contributed by atoms with Crippen LogP contribution in [-0.4, -0.2) is 23.8 Å². The van der Waals surface area contributed by atoms with Crippen molar-refractivity contribution in [3.63, 3.8) is 0 Å². The second kappa shape index (κ2) is 6.11. The Balaban J connectivity index is 2.44.